The quantitative estimate of drug-likeness (QED) is 0.395. The number of methoxy groups -OCH3 is 1. The topological polar surface area (TPSA) is 74.1 Å². The van der Waals surface area contributed by atoms with Gasteiger partial charge in [0.25, 0.3) is 5.91 Å². The van der Waals surface area contributed by atoms with E-state index in [1.54, 1.807) is 29.7 Å². The molecule has 180 valence electrons. The number of nitrogens with one attached hydrogen (secondary N) is 1. The van der Waals surface area contributed by atoms with Crippen molar-refractivity contribution in [1.82, 2.24) is 14.9 Å². The van der Waals surface area contributed by atoms with E-state index < -0.39 is 0 Å². The van der Waals surface area contributed by atoms with E-state index in [2.05, 4.69) is 34.3 Å². The summed E-state index contributed by atoms with van der Waals surface area (Å²) in [4.78, 5) is 20.2. The Morgan fingerprint density at radius 1 is 1.23 bits per heavy atom. The Bertz CT molecular complexity index is 1330. The highest BCUT2D eigenvalue weighted by atomic mass is 32.1. The second-order valence-electron chi connectivity index (χ2n) is 9.20. The number of likely N-dealkylation sites (tertiary alicyclic amines) is 1. The van der Waals surface area contributed by atoms with Gasteiger partial charge in [0.15, 0.2) is 0 Å². The Morgan fingerprint density at radius 2 is 2.11 bits per heavy atom. The first-order valence-corrected chi connectivity index (χ1v) is 12.9. The number of benzene rings is 1. The van der Waals surface area contributed by atoms with Crippen LogP contribution in [0.15, 0.2) is 69.8 Å². The Morgan fingerprint density at radius 3 is 2.86 bits per heavy atom. The zero-order valence-electron chi connectivity index (χ0n) is 19.6. The number of carbonyl (C=O) groups is 1. The van der Waals surface area contributed by atoms with Gasteiger partial charge >= 0.3 is 0 Å². The highest BCUT2D eigenvalue weighted by Crippen LogP contribution is 2.37. The standard InChI is InChI=1S/C27H28N4O3S/c1-33-19-6-7-22-20(14-19)21(16-28-22)18-8-10-30(11-9-18)17-27(32)31-24(26-5-3-13-35-26)15-23(29-31)25-4-2-12-34-25/h2-7,12-14,16,18,24,28H,8-11,15,17H2,1H3. The van der Waals surface area contributed by atoms with E-state index in [9.17, 15) is 4.79 Å². The molecule has 0 bridgehead atoms. The third-order valence-electron chi connectivity index (χ3n) is 7.15. The molecule has 0 saturated carbocycles. The Labute approximate surface area is 208 Å². The van der Waals surface area contributed by atoms with Crippen LogP contribution in [0, 0.1) is 0 Å². The van der Waals surface area contributed by atoms with Crippen molar-refractivity contribution in [3.8, 4) is 5.75 Å². The summed E-state index contributed by atoms with van der Waals surface area (Å²) in [5, 5.41) is 9.67. The zero-order chi connectivity index (χ0) is 23.8. The minimum Gasteiger partial charge on any atom is -0.497 e. The molecule has 7 nitrogen and oxygen atoms in total. The number of thiophene rings is 1. The number of ether oxygens (including phenoxy) is 1. The van der Waals surface area contributed by atoms with Gasteiger partial charge in [-0.25, -0.2) is 5.01 Å². The van der Waals surface area contributed by atoms with E-state index in [0.717, 1.165) is 53.5 Å². The lowest BCUT2D eigenvalue weighted by molar-refractivity contribution is -0.134. The highest BCUT2D eigenvalue weighted by molar-refractivity contribution is 7.10. The summed E-state index contributed by atoms with van der Waals surface area (Å²) in [6.45, 7) is 2.16. The first-order valence-electron chi connectivity index (χ1n) is 12.0. The van der Waals surface area contributed by atoms with Crippen LogP contribution >= 0.6 is 11.3 Å². The Kier molecular flexibility index (Phi) is 5.91. The molecule has 0 radical (unpaired) electrons. The molecular formula is C27H28N4O3S. The van der Waals surface area contributed by atoms with Crippen molar-refractivity contribution in [1.29, 1.82) is 0 Å². The van der Waals surface area contributed by atoms with Gasteiger partial charge in [-0.3, -0.25) is 9.69 Å². The molecule has 1 unspecified atom stereocenters. The van der Waals surface area contributed by atoms with Crippen molar-refractivity contribution >= 4 is 33.9 Å². The lowest BCUT2D eigenvalue weighted by atomic mass is 9.89. The van der Waals surface area contributed by atoms with Crippen LogP contribution < -0.4 is 4.74 Å². The Hall–Kier alpha value is -3.36. The second-order valence-corrected chi connectivity index (χ2v) is 10.2. The first kappa shape index (κ1) is 22.1. The van der Waals surface area contributed by atoms with Crippen LogP contribution in [-0.2, 0) is 4.79 Å². The van der Waals surface area contributed by atoms with Crippen molar-refractivity contribution in [2.75, 3.05) is 26.7 Å². The number of carbonyl (C=O) groups excluding carboxylic acids is 1. The normalized spacial score (nSPS) is 19.4. The van der Waals surface area contributed by atoms with Crippen molar-refractivity contribution in [2.45, 2.75) is 31.2 Å². The third kappa shape index (κ3) is 4.28. The van der Waals surface area contributed by atoms with Crippen LogP contribution in [0.2, 0.25) is 0 Å². The Balaban J connectivity index is 1.14. The number of aromatic amines is 1. The molecule has 1 aromatic carbocycles. The summed E-state index contributed by atoms with van der Waals surface area (Å²) in [6.07, 6.45) is 6.50. The number of fused-ring (bicyclic) bond motifs is 1. The number of amides is 1. The molecule has 1 N–H and O–H groups in total. The first-order chi connectivity index (χ1) is 17.2. The monoisotopic (exact) mass is 488 g/mol. The molecule has 1 atom stereocenters. The molecule has 3 aromatic heterocycles. The highest BCUT2D eigenvalue weighted by Gasteiger charge is 2.35. The average Bonchev–Trinajstić information content (AvgIpc) is 3.69. The molecule has 2 aliphatic heterocycles. The van der Waals surface area contributed by atoms with E-state index >= 15 is 0 Å². The number of hydrogen-bond acceptors (Lipinski definition) is 6. The molecule has 4 aromatic rings. The predicted molar refractivity (Wildman–Crippen MR) is 137 cm³/mol. The van der Waals surface area contributed by atoms with Crippen LogP contribution in [0.4, 0.5) is 0 Å². The number of H-pyrrole nitrogens is 1. The molecule has 0 spiro atoms. The molecule has 1 saturated heterocycles. The maximum atomic E-state index is 13.4. The van der Waals surface area contributed by atoms with Gasteiger partial charge in [0, 0.05) is 28.4 Å². The largest absolute Gasteiger partial charge is 0.497 e. The van der Waals surface area contributed by atoms with Crippen molar-refractivity contribution in [3.63, 3.8) is 0 Å². The fourth-order valence-electron chi connectivity index (χ4n) is 5.29. The summed E-state index contributed by atoms with van der Waals surface area (Å²) in [7, 11) is 1.70. The molecule has 0 aliphatic carbocycles. The lowest BCUT2D eigenvalue weighted by Crippen LogP contribution is -2.41. The van der Waals surface area contributed by atoms with Crippen LogP contribution in [-0.4, -0.2) is 53.3 Å². The number of rotatable bonds is 6. The fourth-order valence-corrected chi connectivity index (χ4v) is 6.10. The summed E-state index contributed by atoms with van der Waals surface area (Å²) >= 11 is 1.67. The van der Waals surface area contributed by atoms with Crippen molar-refractivity contribution in [3.05, 3.63) is 76.5 Å². The van der Waals surface area contributed by atoms with Gasteiger partial charge in [-0.15, -0.1) is 11.3 Å². The number of aromatic nitrogens is 1. The zero-order valence-corrected chi connectivity index (χ0v) is 20.5. The van der Waals surface area contributed by atoms with Gasteiger partial charge in [-0.1, -0.05) is 6.07 Å². The summed E-state index contributed by atoms with van der Waals surface area (Å²) < 4.78 is 11.0. The summed E-state index contributed by atoms with van der Waals surface area (Å²) in [5.74, 6) is 2.12. The van der Waals surface area contributed by atoms with E-state index in [0.29, 0.717) is 18.9 Å². The molecule has 1 fully saturated rings. The molecule has 2 aliphatic rings. The van der Waals surface area contributed by atoms with Gasteiger partial charge in [0.05, 0.1) is 26.0 Å². The number of hydrogen-bond donors (Lipinski definition) is 1. The van der Waals surface area contributed by atoms with Crippen LogP contribution in [0.5, 0.6) is 5.75 Å². The van der Waals surface area contributed by atoms with E-state index in [-0.39, 0.29) is 11.9 Å². The number of furan rings is 1. The van der Waals surface area contributed by atoms with Gasteiger partial charge in [0.1, 0.15) is 17.2 Å². The van der Waals surface area contributed by atoms with Gasteiger partial charge in [-0.05, 0) is 79.2 Å². The number of piperidine rings is 1. The summed E-state index contributed by atoms with van der Waals surface area (Å²) in [5.41, 5.74) is 3.31. The maximum Gasteiger partial charge on any atom is 0.257 e. The van der Waals surface area contributed by atoms with Gasteiger partial charge in [0.2, 0.25) is 0 Å². The predicted octanol–water partition coefficient (Wildman–Crippen LogP) is 5.39. The molecular weight excluding hydrogens is 460 g/mol. The SMILES string of the molecule is COc1ccc2[nH]cc(C3CCN(CC(=O)N4N=C(c5ccco5)CC4c4cccs4)CC3)c2c1. The number of hydrazone groups is 1. The molecule has 8 heteroatoms. The van der Waals surface area contributed by atoms with E-state index in [1.165, 1.54) is 10.9 Å². The van der Waals surface area contributed by atoms with Gasteiger partial charge in [-0.2, -0.15) is 5.10 Å². The van der Waals surface area contributed by atoms with Crippen LogP contribution in [0.3, 0.4) is 0 Å². The summed E-state index contributed by atoms with van der Waals surface area (Å²) in [6, 6.07) is 14.0. The van der Waals surface area contributed by atoms with Crippen molar-refractivity contribution in [2.24, 2.45) is 5.10 Å². The number of nitrogens with zero attached hydrogens (tertiary/aromatic N) is 3. The van der Waals surface area contributed by atoms with Crippen LogP contribution in [0.25, 0.3) is 10.9 Å². The fraction of sp³-hybridized carbons (Fsp3) is 0.333. The average molecular weight is 489 g/mol. The lowest BCUT2D eigenvalue weighted by Gasteiger charge is -2.32. The third-order valence-corrected chi connectivity index (χ3v) is 8.12. The van der Waals surface area contributed by atoms with Crippen LogP contribution in [0.1, 0.15) is 47.4 Å². The molecule has 35 heavy (non-hydrogen) atoms. The maximum absolute atomic E-state index is 13.4. The molecule has 5 heterocycles. The molecule has 1 amide bonds. The van der Waals surface area contributed by atoms with Gasteiger partial charge < -0.3 is 14.1 Å². The smallest absolute Gasteiger partial charge is 0.257 e. The minimum atomic E-state index is -0.0682. The molecule has 6 rings (SSSR count). The van der Waals surface area contributed by atoms with E-state index in [4.69, 9.17) is 14.3 Å². The minimum absolute atomic E-state index is 0.0419. The van der Waals surface area contributed by atoms with Crippen molar-refractivity contribution < 1.29 is 13.9 Å². The van der Waals surface area contributed by atoms with E-state index in [1.807, 2.05) is 29.6 Å². The second kappa shape index (κ2) is 9.36.